The molecule has 0 N–H and O–H groups in total. The van der Waals surface area contributed by atoms with Crippen LogP contribution in [0.5, 0.6) is 11.5 Å². The fourth-order valence-electron chi connectivity index (χ4n) is 2.04. The molecule has 1 aromatic rings. The lowest BCUT2D eigenvalue weighted by atomic mass is 10.0. The van der Waals surface area contributed by atoms with Crippen molar-refractivity contribution in [1.82, 2.24) is 0 Å². The van der Waals surface area contributed by atoms with E-state index in [-0.39, 0.29) is 0 Å². The third kappa shape index (κ3) is 1.10. The Labute approximate surface area is 83.1 Å². The van der Waals surface area contributed by atoms with Crippen molar-refractivity contribution in [2.75, 3.05) is 13.2 Å². The maximum Gasteiger partial charge on any atom is 0.133 e. The molecular weight excluding hydrogens is 176 g/mol. The number of hydrogen-bond acceptors (Lipinski definition) is 2. The highest BCUT2D eigenvalue weighted by Gasteiger charge is 2.18. The Bertz CT molecular complexity index is 394. The average molecular weight is 188 g/mol. The Hall–Kier alpha value is -1.44. The molecule has 2 aliphatic rings. The average Bonchev–Trinajstić information content (AvgIpc) is 2.29. The standard InChI is InChI=1S/C12H12O2/c1-3-9-5-6-11-10(4-2-7-13-11)12(9)14-8-1/h1,3,5-6H,2,4,7-8H2. The van der Waals surface area contributed by atoms with Gasteiger partial charge in [-0.15, -0.1) is 0 Å². The topological polar surface area (TPSA) is 18.5 Å². The van der Waals surface area contributed by atoms with Gasteiger partial charge in [0.05, 0.1) is 6.61 Å². The molecule has 1 aromatic carbocycles. The largest absolute Gasteiger partial charge is 0.493 e. The molecule has 0 unspecified atom stereocenters. The van der Waals surface area contributed by atoms with E-state index in [1.54, 1.807) is 0 Å². The van der Waals surface area contributed by atoms with Gasteiger partial charge in [-0.1, -0.05) is 6.08 Å². The zero-order valence-corrected chi connectivity index (χ0v) is 7.95. The molecule has 0 bridgehead atoms. The second-order valence-electron chi connectivity index (χ2n) is 3.63. The molecule has 2 heteroatoms. The molecule has 2 heterocycles. The first kappa shape index (κ1) is 7.92. The van der Waals surface area contributed by atoms with E-state index in [2.05, 4.69) is 12.1 Å². The van der Waals surface area contributed by atoms with Gasteiger partial charge in [0.1, 0.15) is 18.1 Å². The van der Waals surface area contributed by atoms with Gasteiger partial charge in [-0.05, 0) is 31.1 Å². The molecule has 0 fully saturated rings. The van der Waals surface area contributed by atoms with Gasteiger partial charge in [-0.2, -0.15) is 0 Å². The van der Waals surface area contributed by atoms with Gasteiger partial charge in [0.2, 0.25) is 0 Å². The van der Waals surface area contributed by atoms with Crippen molar-refractivity contribution < 1.29 is 9.47 Å². The highest BCUT2D eigenvalue weighted by molar-refractivity contribution is 5.65. The van der Waals surface area contributed by atoms with Crippen LogP contribution in [0.2, 0.25) is 0 Å². The molecule has 0 radical (unpaired) electrons. The second-order valence-corrected chi connectivity index (χ2v) is 3.63. The maximum atomic E-state index is 5.66. The second kappa shape index (κ2) is 3.05. The maximum absolute atomic E-state index is 5.66. The zero-order chi connectivity index (χ0) is 9.38. The molecule has 72 valence electrons. The molecule has 0 saturated carbocycles. The van der Waals surface area contributed by atoms with Gasteiger partial charge in [0, 0.05) is 11.1 Å². The first-order valence-corrected chi connectivity index (χ1v) is 5.03. The molecule has 3 rings (SSSR count). The van der Waals surface area contributed by atoms with Crippen molar-refractivity contribution in [2.45, 2.75) is 12.8 Å². The molecule has 0 saturated heterocycles. The van der Waals surface area contributed by atoms with Crippen LogP contribution in [0, 0.1) is 0 Å². The van der Waals surface area contributed by atoms with E-state index in [4.69, 9.17) is 9.47 Å². The lowest BCUT2D eigenvalue weighted by Gasteiger charge is -2.23. The summed E-state index contributed by atoms with van der Waals surface area (Å²) in [7, 11) is 0. The van der Waals surface area contributed by atoms with E-state index in [0.29, 0.717) is 6.61 Å². The van der Waals surface area contributed by atoms with Crippen LogP contribution in [0.1, 0.15) is 17.5 Å². The molecule has 0 aliphatic carbocycles. The van der Waals surface area contributed by atoms with Crippen molar-refractivity contribution in [3.05, 3.63) is 29.3 Å². The summed E-state index contributed by atoms with van der Waals surface area (Å²) in [5, 5.41) is 0. The number of hydrogen-bond donors (Lipinski definition) is 0. The first-order valence-electron chi connectivity index (χ1n) is 5.03. The molecule has 0 aromatic heterocycles. The van der Waals surface area contributed by atoms with E-state index < -0.39 is 0 Å². The summed E-state index contributed by atoms with van der Waals surface area (Å²) in [6.07, 6.45) is 6.33. The highest BCUT2D eigenvalue weighted by atomic mass is 16.5. The quantitative estimate of drug-likeness (QED) is 0.622. The van der Waals surface area contributed by atoms with Crippen molar-refractivity contribution in [1.29, 1.82) is 0 Å². The highest BCUT2D eigenvalue weighted by Crippen LogP contribution is 2.37. The van der Waals surface area contributed by atoms with E-state index in [0.717, 1.165) is 30.9 Å². The molecule has 0 amide bonds. The lowest BCUT2D eigenvalue weighted by molar-refractivity contribution is 0.278. The summed E-state index contributed by atoms with van der Waals surface area (Å²) < 4.78 is 11.2. The SMILES string of the molecule is C1=Cc2ccc3c(c2OC1)CCCO3. The number of fused-ring (bicyclic) bond motifs is 3. The Balaban J connectivity index is 2.17. The van der Waals surface area contributed by atoms with Gasteiger partial charge in [0.25, 0.3) is 0 Å². The Morgan fingerprint density at radius 1 is 1.14 bits per heavy atom. The Morgan fingerprint density at radius 3 is 3.14 bits per heavy atom. The van der Waals surface area contributed by atoms with E-state index in [1.165, 1.54) is 11.1 Å². The van der Waals surface area contributed by atoms with Crippen molar-refractivity contribution in [3.63, 3.8) is 0 Å². The van der Waals surface area contributed by atoms with E-state index in [1.807, 2.05) is 12.1 Å². The van der Waals surface area contributed by atoms with Crippen molar-refractivity contribution in [2.24, 2.45) is 0 Å². The van der Waals surface area contributed by atoms with Gasteiger partial charge in [0.15, 0.2) is 0 Å². The summed E-state index contributed by atoms with van der Waals surface area (Å²) >= 11 is 0. The molecular formula is C12H12O2. The summed E-state index contributed by atoms with van der Waals surface area (Å²) in [5.41, 5.74) is 2.43. The molecule has 14 heavy (non-hydrogen) atoms. The molecule has 2 nitrogen and oxygen atoms in total. The summed E-state index contributed by atoms with van der Waals surface area (Å²) in [6.45, 7) is 1.52. The fraction of sp³-hybridized carbons (Fsp3) is 0.333. The predicted octanol–water partition coefficient (Wildman–Crippen LogP) is 2.42. The van der Waals surface area contributed by atoms with Gasteiger partial charge < -0.3 is 9.47 Å². The van der Waals surface area contributed by atoms with E-state index >= 15 is 0 Å². The van der Waals surface area contributed by atoms with Crippen molar-refractivity contribution in [3.8, 4) is 11.5 Å². The fourth-order valence-corrected chi connectivity index (χ4v) is 2.04. The van der Waals surface area contributed by atoms with E-state index in [9.17, 15) is 0 Å². The van der Waals surface area contributed by atoms with Gasteiger partial charge >= 0.3 is 0 Å². The van der Waals surface area contributed by atoms with Crippen LogP contribution in [-0.2, 0) is 6.42 Å². The number of rotatable bonds is 0. The molecule has 0 spiro atoms. The minimum atomic E-state index is 0.684. The summed E-state index contributed by atoms with van der Waals surface area (Å²) in [4.78, 5) is 0. The normalized spacial score (nSPS) is 17.7. The minimum absolute atomic E-state index is 0.684. The zero-order valence-electron chi connectivity index (χ0n) is 7.95. The smallest absolute Gasteiger partial charge is 0.133 e. The summed E-state index contributed by atoms with van der Waals surface area (Å²) in [5.74, 6) is 2.04. The van der Waals surface area contributed by atoms with Crippen LogP contribution in [0.15, 0.2) is 18.2 Å². The Morgan fingerprint density at radius 2 is 2.14 bits per heavy atom. The number of ether oxygens (including phenoxy) is 2. The molecule has 0 atom stereocenters. The van der Waals surface area contributed by atoms with Crippen LogP contribution in [0.25, 0.3) is 6.08 Å². The predicted molar refractivity (Wildman–Crippen MR) is 54.8 cm³/mol. The minimum Gasteiger partial charge on any atom is -0.493 e. The monoisotopic (exact) mass is 188 g/mol. The molecule has 2 aliphatic heterocycles. The third-order valence-corrected chi connectivity index (χ3v) is 2.70. The van der Waals surface area contributed by atoms with Crippen LogP contribution >= 0.6 is 0 Å². The number of benzene rings is 1. The first-order chi connectivity index (χ1) is 6.95. The van der Waals surface area contributed by atoms with Crippen LogP contribution in [0.3, 0.4) is 0 Å². The lowest BCUT2D eigenvalue weighted by Crippen LogP contribution is -2.12. The van der Waals surface area contributed by atoms with Crippen LogP contribution < -0.4 is 9.47 Å². The summed E-state index contributed by atoms with van der Waals surface area (Å²) in [6, 6.07) is 4.11. The van der Waals surface area contributed by atoms with Gasteiger partial charge in [-0.25, -0.2) is 0 Å². The van der Waals surface area contributed by atoms with Crippen LogP contribution in [-0.4, -0.2) is 13.2 Å². The third-order valence-electron chi connectivity index (χ3n) is 2.70. The Kier molecular flexibility index (Phi) is 1.72. The van der Waals surface area contributed by atoms with Gasteiger partial charge in [-0.3, -0.25) is 0 Å². The van der Waals surface area contributed by atoms with Crippen molar-refractivity contribution >= 4 is 6.08 Å². The van der Waals surface area contributed by atoms with Crippen LogP contribution in [0.4, 0.5) is 0 Å².